The van der Waals surface area contributed by atoms with E-state index in [1.807, 2.05) is 44.2 Å². The highest BCUT2D eigenvalue weighted by atomic mass is 16.5. The van der Waals surface area contributed by atoms with Gasteiger partial charge in [0, 0.05) is 6.04 Å². The first kappa shape index (κ1) is 15.0. The molecule has 1 N–H and O–H groups in total. The fraction of sp³-hybridized carbons (Fsp3) is 0.294. The van der Waals surface area contributed by atoms with Gasteiger partial charge in [0.25, 0.3) is 5.91 Å². The van der Waals surface area contributed by atoms with E-state index in [4.69, 9.17) is 4.74 Å². The first-order chi connectivity index (χ1) is 10.2. The molecule has 0 unspecified atom stereocenters. The normalized spacial score (nSPS) is 11.9. The fourth-order valence-corrected chi connectivity index (χ4v) is 2.08. The minimum atomic E-state index is -0.186. The zero-order valence-corrected chi connectivity index (χ0v) is 12.3. The van der Waals surface area contributed by atoms with Crippen LogP contribution in [0.4, 0.5) is 0 Å². The molecule has 0 aromatic heterocycles. The Morgan fingerprint density at radius 3 is 2.76 bits per heavy atom. The third-order valence-electron chi connectivity index (χ3n) is 3.43. The average Bonchev–Trinajstić information content (AvgIpc) is 2.52. The lowest BCUT2D eigenvalue weighted by Crippen LogP contribution is -2.35. The molecule has 0 aliphatic rings. The van der Waals surface area contributed by atoms with E-state index in [1.165, 1.54) is 0 Å². The van der Waals surface area contributed by atoms with E-state index in [-0.39, 0.29) is 18.6 Å². The molecule has 4 heteroatoms. The second-order valence-corrected chi connectivity index (χ2v) is 4.98. The lowest BCUT2D eigenvalue weighted by atomic mass is 10.0. The van der Waals surface area contributed by atoms with Gasteiger partial charge in [-0.2, -0.15) is 0 Å². The molecule has 1 amide bonds. The highest BCUT2D eigenvalue weighted by Gasteiger charge is 2.11. The molecule has 1 atom stereocenters. The van der Waals surface area contributed by atoms with Crippen LogP contribution in [0.5, 0.6) is 5.75 Å². The topological polar surface area (TPSA) is 55.4 Å². The summed E-state index contributed by atoms with van der Waals surface area (Å²) in [5.41, 5.74) is 0.476. The first-order valence-corrected chi connectivity index (χ1v) is 7.04. The number of rotatable bonds is 6. The summed E-state index contributed by atoms with van der Waals surface area (Å²) in [5.74, 6) is 0.248. The SMILES string of the molecule is CC[C@@H](C)NC(=O)COc1ccc2ccccc2c1C=O. The molecule has 0 bridgehead atoms. The molecule has 2 rings (SSSR count). The molecule has 0 fully saturated rings. The smallest absolute Gasteiger partial charge is 0.258 e. The van der Waals surface area contributed by atoms with Gasteiger partial charge >= 0.3 is 0 Å². The summed E-state index contributed by atoms with van der Waals surface area (Å²) in [6.45, 7) is 3.84. The van der Waals surface area contributed by atoms with E-state index in [0.717, 1.165) is 23.5 Å². The predicted molar refractivity (Wildman–Crippen MR) is 82.7 cm³/mol. The number of ether oxygens (including phenoxy) is 1. The van der Waals surface area contributed by atoms with Crippen molar-refractivity contribution in [2.24, 2.45) is 0 Å². The number of carbonyl (C=O) groups is 2. The van der Waals surface area contributed by atoms with Gasteiger partial charge in [0.1, 0.15) is 5.75 Å². The molecule has 21 heavy (non-hydrogen) atoms. The van der Waals surface area contributed by atoms with Crippen LogP contribution in [-0.2, 0) is 4.79 Å². The highest BCUT2D eigenvalue weighted by Crippen LogP contribution is 2.26. The molecular formula is C17H19NO3. The number of amides is 1. The zero-order valence-electron chi connectivity index (χ0n) is 12.3. The van der Waals surface area contributed by atoms with E-state index in [2.05, 4.69) is 5.32 Å². The van der Waals surface area contributed by atoms with Crippen molar-refractivity contribution >= 4 is 23.0 Å². The predicted octanol–water partition coefficient (Wildman–Crippen LogP) is 2.95. The number of nitrogens with one attached hydrogen (secondary N) is 1. The Labute approximate surface area is 124 Å². The molecule has 2 aromatic carbocycles. The lowest BCUT2D eigenvalue weighted by Gasteiger charge is -2.13. The molecule has 0 radical (unpaired) electrons. The Morgan fingerprint density at radius 1 is 1.29 bits per heavy atom. The molecule has 0 aliphatic carbocycles. The van der Waals surface area contributed by atoms with Crippen molar-refractivity contribution in [3.63, 3.8) is 0 Å². The third-order valence-corrected chi connectivity index (χ3v) is 3.43. The molecule has 0 saturated carbocycles. The van der Waals surface area contributed by atoms with Crippen LogP contribution in [0, 0.1) is 0 Å². The van der Waals surface area contributed by atoms with Crippen molar-refractivity contribution in [3.05, 3.63) is 42.0 Å². The van der Waals surface area contributed by atoms with Gasteiger partial charge in [-0.25, -0.2) is 0 Å². The molecule has 0 spiro atoms. The number of aldehydes is 1. The lowest BCUT2D eigenvalue weighted by molar-refractivity contribution is -0.123. The van der Waals surface area contributed by atoms with Crippen LogP contribution in [0.25, 0.3) is 10.8 Å². The number of hydrogen-bond donors (Lipinski definition) is 1. The van der Waals surface area contributed by atoms with E-state index >= 15 is 0 Å². The van der Waals surface area contributed by atoms with Gasteiger partial charge in [0.2, 0.25) is 0 Å². The van der Waals surface area contributed by atoms with Crippen LogP contribution in [0.1, 0.15) is 30.6 Å². The maximum absolute atomic E-state index is 11.7. The van der Waals surface area contributed by atoms with Crippen molar-refractivity contribution in [2.75, 3.05) is 6.61 Å². The van der Waals surface area contributed by atoms with Gasteiger partial charge in [0.05, 0.1) is 5.56 Å². The van der Waals surface area contributed by atoms with Crippen molar-refractivity contribution in [3.8, 4) is 5.75 Å². The molecule has 0 saturated heterocycles. The van der Waals surface area contributed by atoms with Gasteiger partial charge in [0.15, 0.2) is 12.9 Å². The van der Waals surface area contributed by atoms with Gasteiger partial charge in [-0.3, -0.25) is 9.59 Å². The van der Waals surface area contributed by atoms with E-state index in [0.29, 0.717) is 11.3 Å². The van der Waals surface area contributed by atoms with Gasteiger partial charge in [-0.1, -0.05) is 37.3 Å². The summed E-state index contributed by atoms with van der Waals surface area (Å²) >= 11 is 0. The molecule has 2 aromatic rings. The number of fused-ring (bicyclic) bond motifs is 1. The first-order valence-electron chi connectivity index (χ1n) is 7.04. The minimum absolute atomic E-state index is 0.0937. The summed E-state index contributed by atoms with van der Waals surface area (Å²) < 4.78 is 5.50. The molecule has 0 heterocycles. The van der Waals surface area contributed by atoms with Crippen molar-refractivity contribution < 1.29 is 14.3 Å². The van der Waals surface area contributed by atoms with Gasteiger partial charge < -0.3 is 10.1 Å². The van der Waals surface area contributed by atoms with Crippen molar-refractivity contribution in [1.82, 2.24) is 5.32 Å². The Kier molecular flexibility index (Phi) is 4.93. The summed E-state index contributed by atoms with van der Waals surface area (Å²) in [5, 5.41) is 4.62. The van der Waals surface area contributed by atoms with Crippen molar-refractivity contribution in [2.45, 2.75) is 26.3 Å². The van der Waals surface area contributed by atoms with Crippen LogP contribution >= 0.6 is 0 Å². The molecule has 110 valence electrons. The summed E-state index contributed by atoms with van der Waals surface area (Å²) in [6.07, 6.45) is 1.63. The fourth-order valence-electron chi connectivity index (χ4n) is 2.08. The minimum Gasteiger partial charge on any atom is -0.483 e. The molecule has 4 nitrogen and oxygen atoms in total. The Balaban J connectivity index is 2.15. The average molecular weight is 285 g/mol. The molecular weight excluding hydrogens is 266 g/mol. The Morgan fingerprint density at radius 2 is 2.05 bits per heavy atom. The Bertz CT molecular complexity index is 652. The van der Waals surface area contributed by atoms with E-state index in [9.17, 15) is 9.59 Å². The maximum atomic E-state index is 11.7. The standard InChI is InChI=1S/C17H19NO3/c1-3-12(2)18-17(20)11-21-16-9-8-13-6-4-5-7-14(13)15(16)10-19/h4-10,12H,3,11H2,1-2H3,(H,18,20)/t12-/m1/s1. The Hall–Kier alpha value is -2.36. The van der Waals surface area contributed by atoms with E-state index < -0.39 is 0 Å². The van der Waals surface area contributed by atoms with Crippen LogP contribution in [-0.4, -0.2) is 24.8 Å². The number of benzene rings is 2. The van der Waals surface area contributed by atoms with Crippen molar-refractivity contribution in [1.29, 1.82) is 0 Å². The van der Waals surface area contributed by atoms with Gasteiger partial charge in [-0.15, -0.1) is 0 Å². The van der Waals surface area contributed by atoms with Crippen LogP contribution in [0.3, 0.4) is 0 Å². The molecule has 0 aliphatic heterocycles. The van der Waals surface area contributed by atoms with E-state index in [1.54, 1.807) is 6.07 Å². The second-order valence-electron chi connectivity index (χ2n) is 4.98. The number of hydrogen-bond acceptors (Lipinski definition) is 3. The monoisotopic (exact) mass is 285 g/mol. The summed E-state index contributed by atoms with van der Waals surface area (Å²) in [4.78, 5) is 23.1. The summed E-state index contributed by atoms with van der Waals surface area (Å²) in [7, 11) is 0. The second kappa shape index (κ2) is 6.88. The largest absolute Gasteiger partial charge is 0.483 e. The van der Waals surface area contributed by atoms with Gasteiger partial charge in [-0.05, 0) is 30.2 Å². The zero-order chi connectivity index (χ0) is 15.2. The third kappa shape index (κ3) is 3.60. The quantitative estimate of drug-likeness (QED) is 0.830. The highest BCUT2D eigenvalue weighted by molar-refractivity contribution is 6.00. The summed E-state index contributed by atoms with van der Waals surface area (Å²) in [6, 6.07) is 11.3. The van der Waals surface area contributed by atoms with Crippen LogP contribution in [0.15, 0.2) is 36.4 Å². The van der Waals surface area contributed by atoms with Crippen LogP contribution < -0.4 is 10.1 Å². The maximum Gasteiger partial charge on any atom is 0.258 e. The number of carbonyl (C=O) groups excluding carboxylic acids is 2. The van der Waals surface area contributed by atoms with Crippen LogP contribution in [0.2, 0.25) is 0 Å².